The van der Waals surface area contributed by atoms with Gasteiger partial charge < -0.3 is 4.42 Å². The molecule has 0 aliphatic heterocycles. The molecular weight excluding hydrogens is 216 g/mol. The maximum absolute atomic E-state index is 5.26. The summed E-state index contributed by atoms with van der Waals surface area (Å²) in [7, 11) is 0. The summed E-state index contributed by atoms with van der Waals surface area (Å²) in [6.45, 7) is 0. The second-order valence-corrected chi connectivity index (χ2v) is 3.36. The van der Waals surface area contributed by atoms with E-state index in [1.807, 2.05) is 24.3 Å². The Kier molecular flexibility index (Phi) is 2.34. The van der Waals surface area contributed by atoms with E-state index in [1.54, 1.807) is 24.7 Å². The van der Waals surface area contributed by atoms with Crippen molar-refractivity contribution < 1.29 is 4.42 Å². The molecule has 0 aromatic carbocycles. The van der Waals surface area contributed by atoms with Gasteiger partial charge in [0, 0.05) is 6.20 Å². The molecule has 0 amide bonds. The molecule has 3 aromatic heterocycles. The number of rotatable bonds is 2. The third kappa shape index (κ3) is 1.90. The summed E-state index contributed by atoms with van der Waals surface area (Å²) >= 11 is 0. The SMILES string of the molecule is c1ccc(-c2nncc(-c3ccco3)n2)nc1. The molecule has 0 atom stereocenters. The lowest BCUT2D eigenvalue weighted by Gasteiger charge is -1.99. The van der Waals surface area contributed by atoms with Gasteiger partial charge in [-0.25, -0.2) is 4.98 Å². The summed E-state index contributed by atoms with van der Waals surface area (Å²) in [5.74, 6) is 1.15. The maximum Gasteiger partial charge on any atom is 0.201 e. The van der Waals surface area contributed by atoms with Gasteiger partial charge in [-0.1, -0.05) is 6.07 Å². The molecular formula is C12H8N4O. The Labute approximate surface area is 97.2 Å². The predicted octanol–water partition coefficient (Wildman–Crippen LogP) is 2.19. The Bertz CT molecular complexity index is 607. The highest BCUT2D eigenvalue weighted by Crippen LogP contribution is 2.18. The number of nitrogens with zero attached hydrogens (tertiary/aromatic N) is 4. The molecule has 0 saturated heterocycles. The molecule has 0 radical (unpaired) electrons. The first-order valence-electron chi connectivity index (χ1n) is 5.08. The molecule has 0 aliphatic rings. The van der Waals surface area contributed by atoms with Crippen LogP contribution >= 0.6 is 0 Å². The van der Waals surface area contributed by atoms with Gasteiger partial charge in [0.05, 0.1) is 12.5 Å². The van der Waals surface area contributed by atoms with Crippen LogP contribution in [0.2, 0.25) is 0 Å². The Balaban J connectivity index is 2.06. The van der Waals surface area contributed by atoms with E-state index in [-0.39, 0.29) is 0 Å². The van der Waals surface area contributed by atoms with E-state index in [2.05, 4.69) is 20.2 Å². The predicted molar refractivity (Wildman–Crippen MR) is 60.8 cm³/mol. The van der Waals surface area contributed by atoms with Gasteiger partial charge in [-0.05, 0) is 24.3 Å². The number of hydrogen-bond donors (Lipinski definition) is 0. The molecule has 5 heteroatoms. The van der Waals surface area contributed by atoms with Crippen molar-refractivity contribution in [1.82, 2.24) is 20.2 Å². The fourth-order valence-corrected chi connectivity index (χ4v) is 1.45. The van der Waals surface area contributed by atoms with E-state index < -0.39 is 0 Å². The van der Waals surface area contributed by atoms with Crippen molar-refractivity contribution in [2.24, 2.45) is 0 Å². The van der Waals surface area contributed by atoms with Crippen LogP contribution in [0.15, 0.2) is 53.4 Å². The molecule has 17 heavy (non-hydrogen) atoms. The van der Waals surface area contributed by atoms with Gasteiger partial charge >= 0.3 is 0 Å². The van der Waals surface area contributed by atoms with Gasteiger partial charge in [-0.2, -0.15) is 5.10 Å². The van der Waals surface area contributed by atoms with Gasteiger partial charge in [0.1, 0.15) is 11.4 Å². The van der Waals surface area contributed by atoms with Crippen molar-refractivity contribution in [2.75, 3.05) is 0 Å². The zero-order chi connectivity index (χ0) is 11.5. The Morgan fingerprint density at radius 1 is 1.00 bits per heavy atom. The molecule has 0 N–H and O–H groups in total. The number of hydrogen-bond acceptors (Lipinski definition) is 5. The van der Waals surface area contributed by atoms with Crippen LogP contribution < -0.4 is 0 Å². The molecule has 0 unspecified atom stereocenters. The quantitative estimate of drug-likeness (QED) is 0.667. The Morgan fingerprint density at radius 3 is 2.76 bits per heavy atom. The highest BCUT2D eigenvalue weighted by Gasteiger charge is 2.07. The highest BCUT2D eigenvalue weighted by molar-refractivity contribution is 5.55. The summed E-state index contributed by atoms with van der Waals surface area (Å²) in [4.78, 5) is 8.53. The van der Waals surface area contributed by atoms with Gasteiger partial charge in [-0.3, -0.25) is 4.98 Å². The molecule has 0 bridgehead atoms. The second kappa shape index (κ2) is 4.13. The highest BCUT2D eigenvalue weighted by atomic mass is 16.3. The Morgan fingerprint density at radius 2 is 2.00 bits per heavy atom. The third-order valence-electron chi connectivity index (χ3n) is 2.23. The average Bonchev–Trinajstić information content (AvgIpc) is 2.94. The molecule has 0 spiro atoms. The van der Waals surface area contributed by atoms with Crippen LogP contribution in [0, 0.1) is 0 Å². The van der Waals surface area contributed by atoms with Crippen molar-refractivity contribution in [2.45, 2.75) is 0 Å². The van der Waals surface area contributed by atoms with Gasteiger partial charge in [0.15, 0.2) is 5.76 Å². The van der Waals surface area contributed by atoms with Crippen molar-refractivity contribution >= 4 is 0 Å². The molecule has 3 aromatic rings. The smallest absolute Gasteiger partial charge is 0.201 e. The zero-order valence-electron chi connectivity index (χ0n) is 8.82. The van der Waals surface area contributed by atoms with Crippen LogP contribution in [0.5, 0.6) is 0 Å². The van der Waals surface area contributed by atoms with Crippen LogP contribution in [-0.4, -0.2) is 20.2 Å². The molecule has 0 saturated carbocycles. The normalized spacial score (nSPS) is 10.4. The van der Waals surface area contributed by atoms with Crippen LogP contribution in [0.4, 0.5) is 0 Å². The molecule has 5 nitrogen and oxygen atoms in total. The van der Waals surface area contributed by atoms with Crippen LogP contribution in [-0.2, 0) is 0 Å². The van der Waals surface area contributed by atoms with Crippen molar-refractivity contribution in [3.63, 3.8) is 0 Å². The van der Waals surface area contributed by atoms with Crippen molar-refractivity contribution in [3.8, 4) is 23.0 Å². The van der Waals surface area contributed by atoms with Crippen LogP contribution in [0.1, 0.15) is 0 Å². The summed E-state index contributed by atoms with van der Waals surface area (Å²) < 4.78 is 5.26. The van der Waals surface area contributed by atoms with Crippen molar-refractivity contribution in [1.29, 1.82) is 0 Å². The van der Waals surface area contributed by atoms with Crippen LogP contribution in [0.25, 0.3) is 23.0 Å². The fourth-order valence-electron chi connectivity index (χ4n) is 1.45. The van der Waals surface area contributed by atoms with Gasteiger partial charge in [-0.15, -0.1) is 5.10 Å². The van der Waals surface area contributed by atoms with E-state index in [0.29, 0.717) is 23.0 Å². The van der Waals surface area contributed by atoms with E-state index >= 15 is 0 Å². The summed E-state index contributed by atoms with van der Waals surface area (Å²) in [6.07, 6.45) is 4.85. The average molecular weight is 224 g/mol. The molecule has 3 rings (SSSR count). The first-order valence-corrected chi connectivity index (χ1v) is 5.08. The zero-order valence-corrected chi connectivity index (χ0v) is 8.82. The van der Waals surface area contributed by atoms with Gasteiger partial charge in [0.25, 0.3) is 0 Å². The maximum atomic E-state index is 5.26. The van der Waals surface area contributed by atoms with Crippen molar-refractivity contribution in [3.05, 3.63) is 49.0 Å². The monoisotopic (exact) mass is 224 g/mol. The number of furan rings is 1. The second-order valence-electron chi connectivity index (χ2n) is 3.36. The summed E-state index contributed by atoms with van der Waals surface area (Å²) in [5, 5.41) is 7.86. The first kappa shape index (κ1) is 9.65. The standard InChI is InChI=1S/C12H8N4O/c1-2-6-13-9(4-1)12-15-10(8-14-16-12)11-5-3-7-17-11/h1-8H. The lowest BCUT2D eigenvalue weighted by molar-refractivity contribution is 0.579. The van der Waals surface area contributed by atoms with E-state index in [9.17, 15) is 0 Å². The van der Waals surface area contributed by atoms with E-state index in [1.165, 1.54) is 0 Å². The minimum absolute atomic E-state index is 0.486. The third-order valence-corrected chi connectivity index (χ3v) is 2.23. The lowest BCUT2D eigenvalue weighted by atomic mass is 10.3. The van der Waals surface area contributed by atoms with E-state index in [0.717, 1.165) is 0 Å². The fraction of sp³-hybridized carbons (Fsp3) is 0. The molecule has 3 heterocycles. The summed E-state index contributed by atoms with van der Waals surface area (Å²) in [5.41, 5.74) is 1.33. The topological polar surface area (TPSA) is 64.7 Å². The minimum Gasteiger partial charge on any atom is -0.463 e. The van der Waals surface area contributed by atoms with E-state index in [4.69, 9.17) is 4.42 Å². The molecule has 0 fully saturated rings. The number of pyridine rings is 1. The molecule has 82 valence electrons. The first-order chi connectivity index (χ1) is 8.43. The minimum atomic E-state index is 0.486. The largest absolute Gasteiger partial charge is 0.463 e. The lowest BCUT2D eigenvalue weighted by Crippen LogP contribution is -1.95. The van der Waals surface area contributed by atoms with Gasteiger partial charge in [0.2, 0.25) is 5.82 Å². The summed E-state index contributed by atoms with van der Waals surface area (Å²) in [6, 6.07) is 9.19. The molecule has 0 aliphatic carbocycles. The Hall–Kier alpha value is -2.56. The van der Waals surface area contributed by atoms with Crippen LogP contribution in [0.3, 0.4) is 0 Å². The number of aromatic nitrogens is 4.